The molecule has 100 valence electrons. The first-order valence-electron chi connectivity index (χ1n) is 5.50. The monoisotopic (exact) mass is 254 g/mol. The second-order valence-corrected chi connectivity index (χ2v) is 4.04. The summed E-state index contributed by atoms with van der Waals surface area (Å²) in [5.74, 6) is 0.505. The summed E-state index contributed by atoms with van der Waals surface area (Å²) in [5, 5.41) is 2.96. The molecule has 1 aromatic heterocycles. The summed E-state index contributed by atoms with van der Waals surface area (Å²) in [6.45, 7) is 3.80. The predicted molar refractivity (Wildman–Crippen MR) is 67.3 cm³/mol. The minimum atomic E-state index is -0.506. The molecule has 18 heavy (non-hydrogen) atoms. The first-order valence-corrected chi connectivity index (χ1v) is 5.50. The summed E-state index contributed by atoms with van der Waals surface area (Å²) in [7, 11) is 2.82. The van der Waals surface area contributed by atoms with Crippen molar-refractivity contribution >= 4 is 17.7 Å². The van der Waals surface area contributed by atoms with Crippen LogP contribution in [0.15, 0.2) is 6.07 Å². The van der Waals surface area contributed by atoms with Crippen molar-refractivity contribution in [2.45, 2.75) is 19.9 Å². The summed E-state index contributed by atoms with van der Waals surface area (Å²) >= 11 is 0. The molecule has 1 unspecified atom stereocenters. The van der Waals surface area contributed by atoms with Gasteiger partial charge in [-0.2, -0.15) is 9.97 Å². The SMILES string of the molecule is COC(=O)C(Nc1cc(OC)nc(N)n1)C(C)C. The van der Waals surface area contributed by atoms with Gasteiger partial charge in [-0.05, 0) is 5.92 Å². The topological polar surface area (TPSA) is 99.4 Å². The normalized spacial score (nSPS) is 12.1. The Hall–Kier alpha value is -2.05. The number of aromatic nitrogens is 2. The standard InChI is InChI=1S/C11H18N4O3/c1-6(2)9(10(16)18-4)13-7-5-8(17-3)15-11(12)14-7/h5-6,9H,1-4H3,(H3,12,13,14,15). The molecule has 7 heteroatoms. The highest BCUT2D eigenvalue weighted by Gasteiger charge is 2.23. The van der Waals surface area contributed by atoms with Crippen LogP contribution in [0.4, 0.5) is 11.8 Å². The Balaban J connectivity index is 2.93. The van der Waals surface area contributed by atoms with Gasteiger partial charge in [0.15, 0.2) is 0 Å². The largest absolute Gasteiger partial charge is 0.481 e. The van der Waals surface area contributed by atoms with Crippen LogP contribution in [0, 0.1) is 5.92 Å². The highest BCUT2D eigenvalue weighted by molar-refractivity contribution is 5.79. The molecule has 0 aliphatic rings. The van der Waals surface area contributed by atoms with Crippen molar-refractivity contribution in [1.29, 1.82) is 0 Å². The lowest BCUT2D eigenvalue weighted by atomic mass is 10.0. The lowest BCUT2D eigenvalue weighted by molar-refractivity contribution is -0.142. The molecule has 1 heterocycles. The highest BCUT2D eigenvalue weighted by atomic mass is 16.5. The highest BCUT2D eigenvalue weighted by Crippen LogP contribution is 2.17. The predicted octanol–water partition coefficient (Wildman–Crippen LogP) is 0.677. The number of nitrogens with one attached hydrogen (secondary N) is 1. The van der Waals surface area contributed by atoms with Gasteiger partial charge in [-0.1, -0.05) is 13.8 Å². The Bertz CT molecular complexity index is 423. The lowest BCUT2D eigenvalue weighted by Gasteiger charge is -2.20. The van der Waals surface area contributed by atoms with Crippen LogP contribution in [-0.4, -0.2) is 36.2 Å². The van der Waals surface area contributed by atoms with Gasteiger partial charge < -0.3 is 20.5 Å². The molecule has 0 saturated heterocycles. The van der Waals surface area contributed by atoms with E-state index in [2.05, 4.69) is 15.3 Å². The van der Waals surface area contributed by atoms with Gasteiger partial charge in [0.25, 0.3) is 0 Å². The fourth-order valence-electron chi connectivity index (χ4n) is 1.41. The molecule has 1 rings (SSSR count). The summed E-state index contributed by atoms with van der Waals surface area (Å²) in [4.78, 5) is 19.5. The zero-order valence-electron chi connectivity index (χ0n) is 10.9. The number of esters is 1. The zero-order chi connectivity index (χ0) is 13.7. The van der Waals surface area contributed by atoms with E-state index in [1.165, 1.54) is 14.2 Å². The molecule has 0 amide bonds. The molecular formula is C11H18N4O3. The van der Waals surface area contributed by atoms with Gasteiger partial charge >= 0.3 is 5.97 Å². The van der Waals surface area contributed by atoms with E-state index in [0.29, 0.717) is 11.7 Å². The van der Waals surface area contributed by atoms with E-state index < -0.39 is 6.04 Å². The van der Waals surface area contributed by atoms with Crippen molar-refractivity contribution in [3.8, 4) is 5.88 Å². The molecule has 1 aromatic rings. The van der Waals surface area contributed by atoms with Crippen molar-refractivity contribution in [3.63, 3.8) is 0 Å². The van der Waals surface area contributed by atoms with E-state index in [1.54, 1.807) is 6.07 Å². The molecule has 7 nitrogen and oxygen atoms in total. The third-order valence-electron chi connectivity index (χ3n) is 2.35. The van der Waals surface area contributed by atoms with Crippen LogP contribution >= 0.6 is 0 Å². The third kappa shape index (κ3) is 3.47. The van der Waals surface area contributed by atoms with Gasteiger partial charge in [-0.25, -0.2) is 4.79 Å². The van der Waals surface area contributed by atoms with Gasteiger partial charge in [-0.15, -0.1) is 0 Å². The van der Waals surface area contributed by atoms with E-state index in [1.807, 2.05) is 13.8 Å². The minimum Gasteiger partial charge on any atom is -0.481 e. The fraction of sp³-hybridized carbons (Fsp3) is 0.545. The number of nitrogens with zero attached hydrogens (tertiary/aromatic N) is 2. The van der Waals surface area contributed by atoms with E-state index >= 15 is 0 Å². The number of ether oxygens (including phenoxy) is 2. The summed E-state index contributed by atoms with van der Waals surface area (Å²) in [6.07, 6.45) is 0. The smallest absolute Gasteiger partial charge is 0.328 e. The number of methoxy groups -OCH3 is 2. The van der Waals surface area contributed by atoms with Crippen LogP contribution in [-0.2, 0) is 9.53 Å². The first-order chi connectivity index (χ1) is 8.47. The third-order valence-corrected chi connectivity index (χ3v) is 2.35. The number of carbonyl (C=O) groups is 1. The van der Waals surface area contributed by atoms with Crippen molar-refractivity contribution < 1.29 is 14.3 Å². The van der Waals surface area contributed by atoms with Crippen molar-refractivity contribution in [3.05, 3.63) is 6.07 Å². The number of anilines is 2. The zero-order valence-corrected chi connectivity index (χ0v) is 10.9. The van der Waals surface area contributed by atoms with Crippen LogP contribution in [0.25, 0.3) is 0 Å². The van der Waals surface area contributed by atoms with Crippen LogP contribution in [0.3, 0.4) is 0 Å². The Morgan fingerprint density at radius 1 is 1.39 bits per heavy atom. The number of rotatable bonds is 5. The molecule has 0 spiro atoms. The Labute approximate surface area is 106 Å². The van der Waals surface area contributed by atoms with Gasteiger partial charge in [0, 0.05) is 6.07 Å². The van der Waals surface area contributed by atoms with Crippen LogP contribution in [0.2, 0.25) is 0 Å². The minimum absolute atomic E-state index is 0.0413. The second kappa shape index (κ2) is 6.04. The van der Waals surface area contributed by atoms with E-state index in [-0.39, 0.29) is 17.8 Å². The first kappa shape index (κ1) is 14.0. The van der Waals surface area contributed by atoms with Gasteiger partial charge in [0.2, 0.25) is 11.8 Å². The number of hydrogen-bond donors (Lipinski definition) is 2. The Kier molecular flexibility index (Phi) is 4.70. The van der Waals surface area contributed by atoms with Crippen molar-refractivity contribution in [1.82, 2.24) is 9.97 Å². The molecule has 0 radical (unpaired) electrons. The molecule has 0 aromatic carbocycles. The molecule has 0 aliphatic carbocycles. The van der Waals surface area contributed by atoms with E-state index in [0.717, 1.165) is 0 Å². The van der Waals surface area contributed by atoms with Crippen LogP contribution in [0.1, 0.15) is 13.8 Å². The average Bonchev–Trinajstić information content (AvgIpc) is 2.34. The summed E-state index contributed by atoms with van der Waals surface area (Å²) in [5.41, 5.74) is 5.54. The van der Waals surface area contributed by atoms with Gasteiger partial charge in [0.1, 0.15) is 11.9 Å². The summed E-state index contributed by atoms with van der Waals surface area (Å²) in [6, 6.07) is 1.06. The molecular weight excluding hydrogens is 236 g/mol. The fourth-order valence-corrected chi connectivity index (χ4v) is 1.41. The molecule has 3 N–H and O–H groups in total. The van der Waals surface area contributed by atoms with Crippen LogP contribution < -0.4 is 15.8 Å². The second-order valence-electron chi connectivity index (χ2n) is 4.04. The van der Waals surface area contributed by atoms with Gasteiger partial charge in [-0.3, -0.25) is 0 Å². The maximum atomic E-state index is 11.6. The van der Waals surface area contributed by atoms with Gasteiger partial charge in [0.05, 0.1) is 14.2 Å². The van der Waals surface area contributed by atoms with Crippen molar-refractivity contribution in [2.75, 3.05) is 25.3 Å². The maximum Gasteiger partial charge on any atom is 0.328 e. The number of carbonyl (C=O) groups excluding carboxylic acids is 1. The average molecular weight is 254 g/mol. The van der Waals surface area contributed by atoms with E-state index in [4.69, 9.17) is 15.2 Å². The summed E-state index contributed by atoms with van der Waals surface area (Å²) < 4.78 is 9.70. The number of nitrogens with two attached hydrogens (primary N) is 1. The molecule has 0 bridgehead atoms. The number of nitrogen functional groups attached to an aromatic ring is 1. The van der Waals surface area contributed by atoms with E-state index in [9.17, 15) is 4.79 Å². The molecule has 0 aliphatic heterocycles. The van der Waals surface area contributed by atoms with Crippen LogP contribution in [0.5, 0.6) is 5.88 Å². The molecule has 0 fully saturated rings. The lowest BCUT2D eigenvalue weighted by Crippen LogP contribution is -2.35. The quantitative estimate of drug-likeness (QED) is 0.745. The Morgan fingerprint density at radius 3 is 2.56 bits per heavy atom. The Morgan fingerprint density at radius 2 is 2.06 bits per heavy atom. The molecule has 0 saturated carbocycles. The number of hydrogen-bond acceptors (Lipinski definition) is 7. The molecule has 1 atom stereocenters. The van der Waals surface area contributed by atoms with Crippen molar-refractivity contribution in [2.24, 2.45) is 5.92 Å². The maximum absolute atomic E-state index is 11.6.